The highest BCUT2D eigenvalue weighted by molar-refractivity contribution is 5.84. The number of fused-ring (bicyclic) bond motifs is 2. The maximum absolute atomic E-state index is 13.2. The van der Waals surface area contributed by atoms with Gasteiger partial charge in [-0.2, -0.15) is 0 Å². The Labute approximate surface area is 182 Å². The number of anilines is 1. The van der Waals surface area contributed by atoms with Crippen molar-refractivity contribution in [2.75, 3.05) is 32.5 Å². The molecule has 2 aliphatic rings. The van der Waals surface area contributed by atoms with Crippen molar-refractivity contribution >= 4 is 22.6 Å². The van der Waals surface area contributed by atoms with Crippen molar-refractivity contribution in [1.29, 1.82) is 0 Å². The van der Waals surface area contributed by atoms with Gasteiger partial charge in [0.15, 0.2) is 5.82 Å². The summed E-state index contributed by atoms with van der Waals surface area (Å²) in [5.41, 5.74) is 4.64. The monoisotopic (exact) mass is 418 g/mol. The molecule has 0 aliphatic carbocycles. The lowest BCUT2D eigenvalue weighted by Gasteiger charge is -2.28. The van der Waals surface area contributed by atoms with Gasteiger partial charge >= 0.3 is 0 Å². The van der Waals surface area contributed by atoms with E-state index in [0.717, 1.165) is 68.2 Å². The number of carbonyl (C=O) groups excluding carboxylic acids is 1. The van der Waals surface area contributed by atoms with Crippen molar-refractivity contribution in [2.24, 2.45) is 0 Å². The van der Waals surface area contributed by atoms with Crippen molar-refractivity contribution in [3.8, 4) is 0 Å². The van der Waals surface area contributed by atoms with E-state index in [4.69, 9.17) is 9.97 Å². The second-order valence-electron chi connectivity index (χ2n) is 8.70. The molecule has 0 radical (unpaired) electrons. The van der Waals surface area contributed by atoms with Gasteiger partial charge < -0.3 is 20.1 Å². The summed E-state index contributed by atoms with van der Waals surface area (Å²) in [7, 11) is 4.05. The molecular weight excluding hydrogens is 388 g/mol. The summed E-state index contributed by atoms with van der Waals surface area (Å²) in [6.45, 7) is 2.64. The first-order valence-electron chi connectivity index (χ1n) is 11.2. The van der Waals surface area contributed by atoms with Crippen LogP contribution in [0.25, 0.3) is 10.9 Å². The van der Waals surface area contributed by atoms with Crippen LogP contribution >= 0.6 is 0 Å². The number of aromatic amines is 1. The van der Waals surface area contributed by atoms with E-state index in [9.17, 15) is 4.79 Å². The maximum atomic E-state index is 13.2. The van der Waals surface area contributed by atoms with E-state index in [-0.39, 0.29) is 11.9 Å². The van der Waals surface area contributed by atoms with Crippen LogP contribution in [0.3, 0.4) is 0 Å². The summed E-state index contributed by atoms with van der Waals surface area (Å²) in [6.07, 6.45) is 6.16. The Morgan fingerprint density at radius 3 is 3.00 bits per heavy atom. The quantitative estimate of drug-likeness (QED) is 0.665. The van der Waals surface area contributed by atoms with Crippen LogP contribution in [0.5, 0.6) is 0 Å². The van der Waals surface area contributed by atoms with Crippen molar-refractivity contribution in [1.82, 2.24) is 24.8 Å². The summed E-state index contributed by atoms with van der Waals surface area (Å²) < 4.78 is 0. The highest BCUT2D eigenvalue weighted by Gasteiger charge is 2.33. The van der Waals surface area contributed by atoms with Crippen LogP contribution in [-0.2, 0) is 24.2 Å². The molecule has 0 spiro atoms. The van der Waals surface area contributed by atoms with E-state index in [2.05, 4.69) is 34.4 Å². The third-order valence-electron chi connectivity index (χ3n) is 6.66. The van der Waals surface area contributed by atoms with Crippen LogP contribution in [0.15, 0.2) is 30.5 Å². The number of nitrogens with one attached hydrogen (secondary N) is 2. The molecule has 1 amide bonds. The summed E-state index contributed by atoms with van der Waals surface area (Å²) in [6, 6.07) is 8.23. The van der Waals surface area contributed by atoms with Gasteiger partial charge in [0.1, 0.15) is 5.82 Å². The summed E-state index contributed by atoms with van der Waals surface area (Å²) >= 11 is 0. The number of likely N-dealkylation sites (N-methyl/N-ethyl adjacent to an activating group) is 1. The van der Waals surface area contributed by atoms with E-state index in [1.165, 1.54) is 16.5 Å². The largest absolute Gasteiger partial charge is 0.373 e. The molecule has 1 aromatic carbocycles. The second-order valence-corrected chi connectivity index (χ2v) is 8.70. The molecule has 1 saturated heterocycles. The Kier molecular flexibility index (Phi) is 5.36. The second kappa shape index (κ2) is 8.30. The molecule has 162 valence electrons. The molecule has 0 unspecified atom stereocenters. The number of amides is 1. The normalized spacial score (nSPS) is 19.0. The lowest BCUT2D eigenvalue weighted by molar-refractivity contribution is -0.132. The minimum atomic E-state index is -0.0277. The number of aromatic nitrogens is 3. The minimum absolute atomic E-state index is 0.0277. The molecule has 3 aromatic rings. The molecule has 2 aromatic heterocycles. The van der Waals surface area contributed by atoms with Gasteiger partial charge in [0.25, 0.3) is 0 Å². The van der Waals surface area contributed by atoms with E-state index in [0.29, 0.717) is 6.42 Å². The molecule has 0 bridgehead atoms. The molecule has 7 heteroatoms. The number of aryl methyl sites for hydroxylation is 1. The van der Waals surface area contributed by atoms with Gasteiger partial charge in [-0.3, -0.25) is 4.79 Å². The van der Waals surface area contributed by atoms with Gasteiger partial charge in [0, 0.05) is 55.8 Å². The lowest BCUT2D eigenvalue weighted by Crippen LogP contribution is -2.33. The molecular formula is C24H30N6O. The van der Waals surface area contributed by atoms with Crippen LogP contribution in [0, 0.1) is 0 Å². The number of rotatable bonds is 5. The van der Waals surface area contributed by atoms with Crippen molar-refractivity contribution in [2.45, 2.75) is 44.7 Å². The van der Waals surface area contributed by atoms with Gasteiger partial charge in [-0.25, -0.2) is 9.97 Å². The van der Waals surface area contributed by atoms with Crippen LogP contribution in [-0.4, -0.2) is 57.8 Å². The Bertz CT molecular complexity index is 1110. The van der Waals surface area contributed by atoms with Gasteiger partial charge in [-0.05, 0) is 44.4 Å². The summed E-state index contributed by atoms with van der Waals surface area (Å²) in [5.74, 6) is 1.90. The smallest absolute Gasteiger partial charge is 0.223 e. The third kappa shape index (κ3) is 3.78. The van der Waals surface area contributed by atoms with E-state index >= 15 is 0 Å². The highest BCUT2D eigenvalue weighted by Crippen LogP contribution is 2.33. The van der Waals surface area contributed by atoms with E-state index in [1.54, 1.807) is 0 Å². The van der Waals surface area contributed by atoms with Crippen LogP contribution < -0.4 is 5.32 Å². The number of hydrogen-bond donors (Lipinski definition) is 2. The van der Waals surface area contributed by atoms with E-state index in [1.807, 2.05) is 30.3 Å². The topological polar surface area (TPSA) is 77.1 Å². The van der Waals surface area contributed by atoms with E-state index < -0.39 is 0 Å². The summed E-state index contributed by atoms with van der Waals surface area (Å²) in [5, 5.41) is 4.46. The number of benzene rings is 1. The summed E-state index contributed by atoms with van der Waals surface area (Å²) in [4.78, 5) is 30.6. The molecule has 7 nitrogen and oxygen atoms in total. The Morgan fingerprint density at radius 1 is 1.26 bits per heavy atom. The Morgan fingerprint density at radius 2 is 2.13 bits per heavy atom. The lowest BCUT2D eigenvalue weighted by atomic mass is 10.0. The SMILES string of the molecule is CNc1nc([C@H]2CCCN2C(=O)CCc2c[nH]c3ccccc23)nc2c1CCN(C)C2. The zero-order chi connectivity index (χ0) is 21.4. The first kappa shape index (κ1) is 20.0. The molecule has 1 atom stereocenters. The van der Waals surface area contributed by atoms with Crippen molar-refractivity contribution in [3.05, 3.63) is 53.1 Å². The molecule has 2 aliphatic heterocycles. The highest BCUT2D eigenvalue weighted by atomic mass is 16.2. The number of para-hydroxylation sites is 1. The van der Waals surface area contributed by atoms with Crippen LogP contribution in [0.1, 0.15) is 47.9 Å². The van der Waals surface area contributed by atoms with Gasteiger partial charge in [-0.15, -0.1) is 0 Å². The average molecular weight is 419 g/mol. The van der Waals surface area contributed by atoms with Crippen molar-refractivity contribution < 1.29 is 4.79 Å². The zero-order valence-electron chi connectivity index (χ0n) is 18.3. The standard InChI is InChI=1S/C24H30N6O/c1-25-23-18-11-13-29(2)15-20(18)27-24(28-23)21-8-5-12-30(21)22(31)10-9-16-14-26-19-7-4-3-6-17(16)19/h3-4,6-7,14,21,26H,5,8-13,15H2,1-2H3,(H,25,27,28)/t21-/m1/s1. The third-order valence-corrected chi connectivity index (χ3v) is 6.66. The molecule has 5 rings (SSSR count). The van der Waals surface area contributed by atoms with Crippen LogP contribution in [0.2, 0.25) is 0 Å². The molecule has 0 saturated carbocycles. The predicted molar refractivity (Wildman–Crippen MR) is 122 cm³/mol. The molecule has 2 N–H and O–H groups in total. The zero-order valence-corrected chi connectivity index (χ0v) is 18.3. The minimum Gasteiger partial charge on any atom is -0.373 e. The number of likely N-dealkylation sites (tertiary alicyclic amines) is 1. The van der Waals surface area contributed by atoms with Gasteiger partial charge in [-0.1, -0.05) is 18.2 Å². The van der Waals surface area contributed by atoms with Crippen LogP contribution in [0.4, 0.5) is 5.82 Å². The molecule has 4 heterocycles. The molecule has 1 fully saturated rings. The average Bonchev–Trinajstić information content (AvgIpc) is 3.44. The fourth-order valence-electron chi connectivity index (χ4n) is 4.99. The Balaban J connectivity index is 1.34. The molecule has 31 heavy (non-hydrogen) atoms. The maximum Gasteiger partial charge on any atom is 0.223 e. The van der Waals surface area contributed by atoms with Gasteiger partial charge in [0.2, 0.25) is 5.91 Å². The fraction of sp³-hybridized carbons (Fsp3) is 0.458. The number of nitrogens with zero attached hydrogens (tertiary/aromatic N) is 4. The first-order valence-corrected chi connectivity index (χ1v) is 11.2. The number of hydrogen-bond acceptors (Lipinski definition) is 5. The van der Waals surface area contributed by atoms with Crippen molar-refractivity contribution in [3.63, 3.8) is 0 Å². The first-order chi connectivity index (χ1) is 15.1. The Hall–Kier alpha value is -2.93. The fourth-order valence-corrected chi connectivity index (χ4v) is 4.99. The van der Waals surface area contributed by atoms with Gasteiger partial charge in [0.05, 0.1) is 11.7 Å². The number of H-pyrrole nitrogens is 1. The predicted octanol–water partition coefficient (Wildman–Crippen LogP) is 3.28. The number of carbonyl (C=O) groups is 1.